The van der Waals surface area contributed by atoms with Crippen molar-refractivity contribution in [1.82, 2.24) is 4.90 Å². The van der Waals surface area contributed by atoms with Crippen molar-refractivity contribution in [2.75, 3.05) is 25.5 Å². The Bertz CT molecular complexity index is 1040. The van der Waals surface area contributed by atoms with Gasteiger partial charge in [-0.3, -0.25) is 9.59 Å². The van der Waals surface area contributed by atoms with Crippen molar-refractivity contribution in [3.63, 3.8) is 0 Å². The summed E-state index contributed by atoms with van der Waals surface area (Å²) in [7, 11) is 1.54. The number of ether oxygens (including phenoxy) is 1. The number of carbonyl (C=O) groups is 2. The molecule has 2 amide bonds. The minimum atomic E-state index is -0.341. The van der Waals surface area contributed by atoms with E-state index in [4.69, 9.17) is 20.8 Å². The number of aryl methyl sites for hydroxylation is 1. The number of rotatable bonds is 7. The molecule has 0 spiro atoms. The Morgan fingerprint density at radius 1 is 1.17 bits per heavy atom. The highest BCUT2D eigenvalue weighted by atomic mass is 35.5. The molecule has 0 saturated carbocycles. The summed E-state index contributed by atoms with van der Waals surface area (Å²) < 4.78 is 11.0. The number of hydrogen-bond donors (Lipinski definition) is 1. The van der Waals surface area contributed by atoms with E-state index in [1.165, 1.54) is 12.0 Å². The van der Waals surface area contributed by atoms with E-state index in [0.717, 1.165) is 5.39 Å². The lowest BCUT2D eigenvalue weighted by Gasteiger charge is -2.21. The third kappa shape index (κ3) is 4.38. The molecule has 0 aliphatic heterocycles. The summed E-state index contributed by atoms with van der Waals surface area (Å²) in [6.07, 6.45) is 0.702. The van der Waals surface area contributed by atoms with Crippen molar-refractivity contribution in [2.24, 2.45) is 0 Å². The Balaban J connectivity index is 1.82. The summed E-state index contributed by atoms with van der Waals surface area (Å²) in [5, 5.41) is 4.03. The lowest BCUT2D eigenvalue weighted by Crippen LogP contribution is -2.38. The number of amides is 2. The Kier molecular flexibility index (Phi) is 6.44. The van der Waals surface area contributed by atoms with Crippen LogP contribution in [-0.2, 0) is 4.79 Å². The lowest BCUT2D eigenvalue weighted by molar-refractivity contribution is -0.116. The summed E-state index contributed by atoms with van der Waals surface area (Å²) >= 11 is 6.20. The highest BCUT2D eigenvalue weighted by molar-refractivity contribution is 6.35. The summed E-state index contributed by atoms with van der Waals surface area (Å²) in [4.78, 5) is 27.2. The maximum atomic E-state index is 13.1. The monoisotopic (exact) mass is 414 g/mol. The molecule has 0 aliphatic rings. The van der Waals surface area contributed by atoms with Crippen LogP contribution in [0.25, 0.3) is 11.0 Å². The van der Waals surface area contributed by atoms with Gasteiger partial charge in [-0.15, -0.1) is 0 Å². The number of para-hydroxylation sites is 3. The average molecular weight is 415 g/mol. The van der Waals surface area contributed by atoms with Crippen LogP contribution in [0.15, 0.2) is 46.9 Å². The average Bonchev–Trinajstić information content (AvgIpc) is 3.05. The molecule has 7 heteroatoms. The summed E-state index contributed by atoms with van der Waals surface area (Å²) in [5.41, 5.74) is 1.74. The molecule has 3 aromatic rings. The van der Waals surface area contributed by atoms with Gasteiger partial charge in [0.1, 0.15) is 12.3 Å². The molecule has 0 unspecified atom stereocenters. The van der Waals surface area contributed by atoms with Crippen LogP contribution in [0.3, 0.4) is 0 Å². The van der Waals surface area contributed by atoms with Gasteiger partial charge in [0, 0.05) is 17.5 Å². The maximum Gasteiger partial charge on any atom is 0.290 e. The van der Waals surface area contributed by atoms with Crippen molar-refractivity contribution < 1.29 is 18.7 Å². The van der Waals surface area contributed by atoms with Crippen LogP contribution < -0.4 is 10.1 Å². The van der Waals surface area contributed by atoms with Crippen LogP contribution in [0.1, 0.15) is 29.5 Å². The van der Waals surface area contributed by atoms with Crippen LogP contribution in [-0.4, -0.2) is 36.9 Å². The second kappa shape index (κ2) is 9.01. The molecule has 0 fully saturated rings. The predicted octanol–water partition coefficient (Wildman–Crippen LogP) is 4.89. The number of fused-ring (bicyclic) bond motifs is 1. The zero-order chi connectivity index (χ0) is 21.0. The zero-order valence-corrected chi connectivity index (χ0v) is 17.4. The van der Waals surface area contributed by atoms with E-state index in [9.17, 15) is 9.59 Å². The first-order valence-corrected chi connectivity index (χ1v) is 9.73. The molecule has 0 atom stereocenters. The largest absolute Gasteiger partial charge is 0.495 e. The fraction of sp³-hybridized carbons (Fsp3) is 0.273. The quantitative estimate of drug-likeness (QED) is 0.597. The van der Waals surface area contributed by atoms with Crippen LogP contribution in [0, 0.1) is 6.92 Å². The third-order valence-electron chi connectivity index (χ3n) is 4.61. The number of nitrogens with zero attached hydrogens (tertiary/aromatic N) is 1. The molecule has 6 nitrogen and oxygen atoms in total. The Labute approximate surface area is 174 Å². The molecule has 152 valence electrons. The smallest absolute Gasteiger partial charge is 0.290 e. The standard InChI is InChI=1S/C22H23ClN2O4/c1-4-12-25(13-19(26)24-17-10-5-6-11-18(17)28-3)22(27)20-14(2)15-8-7-9-16(23)21(15)29-20/h5-11H,4,12-13H2,1-3H3,(H,24,26). The second-order valence-electron chi connectivity index (χ2n) is 6.65. The normalized spacial score (nSPS) is 10.8. The fourth-order valence-electron chi connectivity index (χ4n) is 3.19. The van der Waals surface area contributed by atoms with E-state index >= 15 is 0 Å². The third-order valence-corrected chi connectivity index (χ3v) is 4.90. The van der Waals surface area contributed by atoms with Gasteiger partial charge in [-0.25, -0.2) is 0 Å². The first kappa shape index (κ1) is 20.7. The molecular formula is C22H23ClN2O4. The van der Waals surface area contributed by atoms with E-state index in [-0.39, 0.29) is 24.1 Å². The fourth-order valence-corrected chi connectivity index (χ4v) is 3.40. The number of hydrogen-bond acceptors (Lipinski definition) is 4. The van der Waals surface area contributed by atoms with Crippen molar-refractivity contribution in [2.45, 2.75) is 20.3 Å². The number of furan rings is 1. The Morgan fingerprint density at radius 2 is 1.93 bits per heavy atom. The van der Waals surface area contributed by atoms with Gasteiger partial charge in [-0.1, -0.05) is 42.8 Å². The first-order valence-electron chi connectivity index (χ1n) is 9.36. The minimum absolute atomic E-state index is 0.102. The molecule has 2 aromatic carbocycles. The highest BCUT2D eigenvalue weighted by Gasteiger charge is 2.25. The number of carbonyl (C=O) groups excluding carboxylic acids is 2. The molecule has 1 aromatic heterocycles. The van der Waals surface area contributed by atoms with Crippen LogP contribution in [0.5, 0.6) is 5.75 Å². The molecule has 3 rings (SSSR count). The van der Waals surface area contributed by atoms with Crippen molar-refractivity contribution in [3.05, 3.63) is 58.8 Å². The first-order chi connectivity index (χ1) is 14.0. The molecule has 0 aliphatic carbocycles. The molecule has 0 bridgehead atoms. The molecule has 1 heterocycles. The second-order valence-corrected chi connectivity index (χ2v) is 7.06. The summed E-state index contributed by atoms with van der Waals surface area (Å²) in [6, 6.07) is 12.5. The van der Waals surface area contributed by atoms with Gasteiger partial charge in [0.05, 0.1) is 17.8 Å². The maximum absolute atomic E-state index is 13.1. The number of halogens is 1. The number of nitrogens with one attached hydrogen (secondary N) is 1. The van der Waals surface area contributed by atoms with Crippen molar-refractivity contribution in [1.29, 1.82) is 0 Å². The summed E-state index contributed by atoms with van der Waals surface area (Å²) in [5.74, 6) is 0.0959. The minimum Gasteiger partial charge on any atom is -0.495 e. The van der Waals surface area contributed by atoms with E-state index in [2.05, 4.69) is 5.32 Å². The van der Waals surface area contributed by atoms with Gasteiger partial charge in [-0.05, 0) is 31.5 Å². The van der Waals surface area contributed by atoms with Gasteiger partial charge in [0.15, 0.2) is 11.3 Å². The van der Waals surface area contributed by atoms with Crippen molar-refractivity contribution in [3.8, 4) is 5.75 Å². The topological polar surface area (TPSA) is 71.8 Å². The van der Waals surface area contributed by atoms with Crippen LogP contribution >= 0.6 is 11.6 Å². The van der Waals surface area contributed by atoms with E-state index in [1.54, 1.807) is 24.3 Å². The molecule has 29 heavy (non-hydrogen) atoms. The van der Waals surface area contributed by atoms with Gasteiger partial charge < -0.3 is 19.4 Å². The lowest BCUT2D eigenvalue weighted by atomic mass is 10.1. The van der Waals surface area contributed by atoms with E-state index in [1.807, 2.05) is 32.0 Å². The Hall–Kier alpha value is -2.99. The van der Waals surface area contributed by atoms with E-state index < -0.39 is 0 Å². The highest BCUT2D eigenvalue weighted by Crippen LogP contribution is 2.31. The molecule has 0 radical (unpaired) electrons. The molecule has 1 N–H and O–H groups in total. The SMILES string of the molecule is CCCN(CC(=O)Nc1ccccc1OC)C(=O)c1oc2c(Cl)cccc2c1C. The van der Waals surface area contributed by atoms with Gasteiger partial charge in [-0.2, -0.15) is 0 Å². The summed E-state index contributed by atoms with van der Waals surface area (Å²) in [6.45, 7) is 4.08. The molecular weight excluding hydrogens is 392 g/mol. The van der Waals surface area contributed by atoms with Gasteiger partial charge >= 0.3 is 0 Å². The number of anilines is 1. The van der Waals surface area contributed by atoms with Gasteiger partial charge in [0.25, 0.3) is 5.91 Å². The van der Waals surface area contributed by atoms with Crippen LogP contribution in [0.2, 0.25) is 5.02 Å². The van der Waals surface area contributed by atoms with Crippen molar-refractivity contribution >= 4 is 40.1 Å². The zero-order valence-electron chi connectivity index (χ0n) is 16.6. The number of benzene rings is 2. The van der Waals surface area contributed by atoms with E-state index in [0.29, 0.717) is 40.6 Å². The predicted molar refractivity (Wildman–Crippen MR) is 114 cm³/mol. The molecule has 0 saturated heterocycles. The number of methoxy groups -OCH3 is 1. The van der Waals surface area contributed by atoms with Crippen LogP contribution in [0.4, 0.5) is 5.69 Å². The Morgan fingerprint density at radius 3 is 2.62 bits per heavy atom. The van der Waals surface area contributed by atoms with Gasteiger partial charge in [0.2, 0.25) is 5.91 Å².